The van der Waals surface area contributed by atoms with Gasteiger partial charge in [-0.25, -0.2) is 0 Å². The van der Waals surface area contributed by atoms with Crippen molar-refractivity contribution in [3.8, 4) is 0 Å². The summed E-state index contributed by atoms with van der Waals surface area (Å²) in [7, 11) is 0. The molecule has 60 valence electrons. The molecule has 0 saturated heterocycles. The molecule has 0 unspecified atom stereocenters. The minimum atomic E-state index is 0.295. The number of nitrogens with zero attached hydrogens (tertiary/aromatic N) is 1. The van der Waals surface area contributed by atoms with Gasteiger partial charge in [0.25, 0.3) is 0 Å². The van der Waals surface area contributed by atoms with E-state index in [0.29, 0.717) is 6.04 Å². The van der Waals surface area contributed by atoms with E-state index in [9.17, 15) is 0 Å². The molecule has 0 aliphatic carbocycles. The van der Waals surface area contributed by atoms with E-state index in [1.165, 1.54) is 5.56 Å². The highest BCUT2D eigenvalue weighted by Crippen LogP contribution is 2.01. The van der Waals surface area contributed by atoms with Gasteiger partial charge in [-0.3, -0.25) is 4.98 Å². The van der Waals surface area contributed by atoms with Gasteiger partial charge >= 0.3 is 0 Å². The lowest BCUT2D eigenvalue weighted by Crippen LogP contribution is -2.15. The Labute approximate surface area is 67.5 Å². The molecule has 0 saturated carbocycles. The summed E-state index contributed by atoms with van der Waals surface area (Å²) < 4.78 is 0. The average Bonchev–Trinajstić information content (AvgIpc) is 2.03. The second-order valence-electron chi connectivity index (χ2n) is 2.87. The van der Waals surface area contributed by atoms with Crippen LogP contribution in [0, 0.1) is 0 Å². The Morgan fingerprint density at radius 1 is 1.45 bits per heavy atom. The summed E-state index contributed by atoms with van der Waals surface area (Å²) in [5, 5.41) is 0. The van der Waals surface area contributed by atoms with Crippen molar-refractivity contribution in [3.63, 3.8) is 0 Å². The average molecular weight is 150 g/mol. The van der Waals surface area contributed by atoms with E-state index in [1.807, 2.05) is 31.5 Å². The Morgan fingerprint density at radius 3 is 2.64 bits per heavy atom. The molecule has 1 rings (SSSR count). The molecular weight excluding hydrogens is 136 g/mol. The molecule has 0 bridgehead atoms. The molecule has 0 aliphatic rings. The zero-order valence-corrected chi connectivity index (χ0v) is 6.83. The molecule has 1 aromatic heterocycles. The van der Waals surface area contributed by atoms with Crippen molar-refractivity contribution in [2.75, 3.05) is 0 Å². The van der Waals surface area contributed by atoms with Crippen LogP contribution in [0.4, 0.5) is 0 Å². The van der Waals surface area contributed by atoms with E-state index in [2.05, 4.69) is 4.98 Å². The Kier molecular flexibility index (Phi) is 3.05. The highest BCUT2D eigenvalue weighted by Gasteiger charge is 1.94. The molecule has 0 radical (unpaired) electrons. The smallest absolute Gasteiger partial charge is 0.0270 e. The van der Waals surface area contributed by atoms with E-state index >= 15 is 0 Å². The van der Waals surface area contributed by atoms with Gasteiger partial charge in [0.05, 0.1) is 0 Å². The summed E-state index contributed by atoms with van der Waals surface area (Å²) in [6.45, 7) is 2.03. The van der Waals surface area contributed by atoms with Gasteiger partial charge in [-0.1, -0.05) is 0 Å². The molecule has 2 heteroatoms. The zero-order chi connectivity index (χ0) is 8.10. The van der Waals surface area contributed by atoms with Crippen molar-refractivity contribution in [2.24, 2.45) is 5.73 Å². The predicted molar refractivity (Wildman–Crippen MR) is 46.2 cm³/mol. The quantitative estimate of drug-likeness (QED) is 0.706. The molecule has 0 spiro atoms. The number of aryl methyl sites for hydroxylation is 1. The highest BCUT2D eigenvalue weighted by atomic mass is 14.6. The van der Waals surface area contributed by atoms with Crippen molar-refractivity contribution >= 4 is 0 Å². The van der Waals surface area contributed by atoms with Crippen molar-refractivity contribution < 1.29 is 0 Å². The van der Waals surface area contributed by atoms with Gasteiger partial charge in [0.15, 0.2) is 0 Å². The molecule has 1 atom stereocenters. The largest absolute Gasteiger partial charge is 0.328 e. The number of rotatable bonds is 3. The minimum Gasteiger partial charge on any atom is -0.328 e. The normalized spacial score (nSPS) is 12.9. The SMILES string of the molecule is C[C@H](N)CCc1ccncc1. The first-order chi connectivity index (χ1) is 5.29. The molecule has 0 aromatic carbocycles. The Balaban J connectivity index is 2.39. The van der Waals surface area contributed by atoms with Gasteiger partial charge in [0.1, 0.15) is 0 Å². The van der Waals surface area contributed by atoms with Crippen LogP contribution in [0.5, 0.6) is 0 Å². The van der Waals surface area contributed by atoms with Crippen LogP contribution in [0.15, 0.2) is 24.5 Å². The summed E-state index contributed by atoms with van der Waals surface area (Å²) in [6, 6.07) is 4.35. The monoisotopic (exact) mass is 150 g/mol. The molecule has 1 aromatic rings. The fourth-order valence-electron chi connectivity index (χ4n) is 0.944. The van der Waals surface area contributed by atoms with Gasteiger partial charge in [0.2, 0.25) is 0 Å². The fraction of sp³-hybridized carbons (Fsp3) is 0.444. The molecular formula is C9H14N2. The van der Waals surface area contributed by atoms with E-state index in [1.54, 1.807) is 0 Å². The van der Waals surface area contributed by atoms with Gasteiger partial charge in [-0.15, -0.1) is 0 Å². The van der Waals surface area contributed by atoms with Gasteiger partial charge < -0.3 is 5.73 Å². The van der Waals surface area contributed by atoms with Crippen molar-refractivity contribution in [2.45, 2.75) is 25.8 Å². The van der Waals surface area contributed by atoms with Crippen LogP contribution >= 0.6 is 0 Å². The second kappa shape index (κ2) is 4.09. The maximum Gasteiger partial charge on any atom is 0.0270 e. The second-order valence-corrected chi connectivity index (χ2v) is 2.87. The predicted octanol–water partition coefficient (Wildman–Crippen LogP) is 1.36. The third kappa shape index (κ3) is 3.14. The van der Waals surface area contributed by atoms with Crippen LogP contribution in [-0.4, -0.2) is 11.0 Å². The maximum absolute atomic E-state index is 5.62. The maximum atomic E-state index is 5.62. The zero-order valence-electron chi connectivity index (χ0n) is 6.83. The van der Waals surface area contributed by atoms with E-state index in [4.69, 9.17) is 5.73 Å². The molecule has 2 nitrogen and oxygen atoms in total. The summed E-state index contributed by atoms with van der Waals surface area (Å²) in [6.07, 6.45) is 5.73. The first-order valence-electron chi connectivity index (χ1n) is 3.93. The van der Waals surface area contributed by atoms with Gasteiger partial charge in [-0.2, -0.15) is 0 Å². The van der Waals surface area contributed by atoms with Crippen molar-refractivity contribution in [1.82, 2.24) is 4.98 Å². The van der Waals surface area contributed by atoms with E-state index < -0.39 is 0 Å². The lowest BCUT2D eigenvalue weighted by molar-refractivity contribution is 0.666. The first-order valence-corrected chi connectivity index (χ1v) is 3.93. The van der Waals surface area contributed by atoms with Gasteiger partial charge in [0, 0.05) is 18.4 Å². The molecule has 2 N–H and O–H groups in total. The molecule has 0 aliphatic heterocycles. The van der Waals surface area contributed by atoms with Gasteiger partial charge in [-0.05, 0) is 37.5 Å². The lowest BCUT2D eigenvalue weighted by atomic mass is 10.1. The van der Waals surface area contributed by atoms with Crippen LogP contribution in [0.2, 0.25) is 0 Å². The van der Waals surface area contributed by atoms with Crippen molar-refractivity contribution in [1.29, 1.82) is 0 Å². The first kappa shape index (κ1) is 8.21. The minimum absolute atomic E-state index is 0.295. The third-order valence-electron chi connectivity index (χ3n) is 1.64. The standard InChI is InChI=1S/C9H14N2/c1-8(10)2-3-9-4-6-11-7-5-9/h4-8H,2-3,10H2,1H3/t8-/m0/s1. The fourth-order valence-corrected chi connectivity index (χ4v) is 0.944. The molecule has 11 heavy (non-hydrogen) atoms. The number of nitrogens with two attached hydrogens (primary N) is 1. The number of hydrogen-bond acceptors (Lipinski definition) is 2. The van der Waals surface area contributed by atoms with Crippen molar-refractivity contribution in [3.05, 3.63) is 30.1 Å². The number of hydrogen-bond donors (Lipinski definition) is 1. The molecule has 1 heterocycles. The lowest BCUT2D eigenvalue weighted by Gasteiger charge is -2.03. The van der Waals surface area contributed by atoms with Crippen LogP contribution in [0.25, 0.3) is 0 Å². The van der Waals surface area contributed by atoms with E-state index in [-0.39, 0.29) is 0 Å². The summed E-state index contributed by atoms with van der Waals surface area (Å²) in [4.78, 5) is 3.94. The van der Waals surface area contributed by atoms with Crippen LogP contribution in [0.1, 0.15) is 18.9 Å². The Bertz CT molecular complexity index is 194. The Hall–Kier alpha value is -0.890. The topological polar surface area (TPSA) is 38.9 Å². The molecule has 0 amide bonds. The number of aromatic nitrogens is 1. The van der Waals surface area contributed by atoms with E-state index in [0.717, 1.165) is 12.8 Å². The molecule has 0 fully saturated rings. The summed E-state index contributed by atoms with van der Waals surface area (Å²) in [5.41, 5.74) is 6.94. The third-order valence-corrected chi connectivity index (χ3v) is 1.64. The number of pyridine rings is 1. The summed E-state index contributed by atoms with van der Waals surface area (Å²) in [5.74, 6) is 0. The van der Waals surface area contributed by atoms with Crippen LogP contribution in [0.3, 0.4) is 0 Å². The van der Waals surface area contributed by atoms with Crippen LogP contribution < -0.4 is 5.73 Å². The summed E-state index contributed by atoms with van der Waals surface area (Å²) >= 11 is 0. The van der Waals surface area contributed by atoms with Crippen LogP contribution in [-0.2, 0) is 6.42 Å². The Morgan fingerprint density at radius 2 is 2.09 bits per heavy atom. The highest BCUT2D eigenvalue weighted by molar-refractivity contribution is 5.09.